The van der Waals surface area contributed by atoms with Crippen LogP contribution in [0.2, 0.25) is 0 Å². The molecule has 10 nitrogen and oxygen atoms in total. The van der Waals surface area contributed by atoms with E-state index in [9.17, 15) is 9.90 Å². The summed E-state index contributed by atoms with van der Waals surface area (Å²) in [6, 6.07) is 12.8. The molecule has 1 N–H and O–H groups in total. The normalized spacial score (nSPS) is 17.9. The fourth-order valence-corrected chi connectivity index (χ4v) is 4.23. The van der Waals surface area contributed by atoms with E-state index in [1.54, 1.807) is 12.1 Å². The van der Waals surface area contributed by atoms with E-state index in [0.717, 1.165) is 24.0 Å². The maximum Gasteiger partial charge on any atom is 0.336 e. The molecule has 2 fully saturated rings. The van der Waals surface area contributed by atoms with Crippen molar-refractivity contribution in [2.45, 2.75) is 12.2 Å². The van der Waals surface area contributed by atoms with Gasteiger partial charge in [0.25, 0.3) is 0 Å². The Morgan fingerprint density at radius 1 is 0.667 bits per heavy atom. The Kier molecular flexibility index (Phi) is 9.81. The molecule has 39 heavy (non-hydrogen) atoms. The number of carboxylic acid groups (broad SMARTS) is 1. The van der Waals surface area contributed by atoms with E-state index < -0.39 is 5.97 Å². The highest BCUT2D eigenvalue weighted by Crippen LogP contribution is 2.44. The lowest BCUT2D eigenvalue weighted by Gasteiger charge is -2.19. The maximum atomic E-state index is 12.2. The first-order valence-electron chi connectivity index (χ1n) is 13.2. The summed E-state index contributed by atoms with van der Waals surface area (Å²) in [5, 5.41) is 12.7. The van der Waals surface area contributed by atoms with Gasteiger partial charge >= 0.3 is 5.97 Å². The summed E-state index contributed by atoms with van der Waals surface area (Å²) in [4.78, 5) is 12.2. The van der Waals surface area contributed by atoms with Gasteiger partial charge < -0.3 is 43.0 Å². The topological polar surface area (TPSA) is 118 Å². The van der Waals surface area contributed by atoms with Gasteiger partial charge in [-0.3, -0.25) is 0 Å². The lowest BCUT2D eigenvalue weighted by Crippen LogP contribution is -2.14. The molecule has 2 aliphatic heterocycles. The number of hydrogen-bond acceptors (Lipinski definition) is 9. The fourth-order valence-electron chi connectivity index (χ4n) is 4.23. The lowest BCUT2D eigenvalue weighted by molar-refractivity contribution is 0.0318. The van der Waals surface area contributed by atoms with E-state index in [1.807, 2.05) is 30.3 Å². The molecule has 0 aliphatic carbocycles. The number of benzene rings is 3. The summed E-state index contributed by atoms with van der Waals surface area (Å²) >= 11 is 0. The van der Waals surface area contributed by atoms with Crippen molar-refractivity contribution >= 4 is 27.5 Å². The van der Waals surface area contributed by atoms with Gasteiger partial charge in [0.2, 0.25) is 0 Å². The molecule has 0 amide bonds. The molecule has 0 radical (unpaired) electrons. The number of carbonyl (C=O) groups is 1. The Morgan fingerprint density at radius 2 is 1.15 bits per heavy atom. The predicted octanol–water partition coefficient (Wildman–Crippen LogP) is 3.31. The van der Waals surface area contributed by atoms with Crippen molar-refractivity contribution in [3.05, 3.63) is 48.0 Å². The Balaban J connectivity index is 1.25. The summed E-state index contributed by atoms with van der Waals surface area (Å²) in [6.45, 7) is 5.82. The number of fused-ring (bicyclic) bond motifs is 2. The second-order valence-corrected chi connectivity index (χ2v) is 9.22. The summed E-state index contributed by atoms with van der Waals surface area (Å²) in [5.41, 5.74) is 0.141. The Labute approximate surface area is 226 Å². The molecule has 3 aromatic carbocycles. The predicted molar refractivity (Wildman–Crippen MR) is 142 cm³/mol. The zero-order valence-electron chi connectivity index (χ0n) is 21.8. The highest BCUT2D eigenvalue weighted by Gasteiger charge is 2.23. The highest BCUT2D eigenvalue weighted by atomic mass is 16.6. The van der Waals surface area contributed by atoms with Gasteiger partial charge in [-0.2, -0.15) is 0 Å². The smallest absolute Gasteiger partial charge is 0.336 e. The standard InChI is InChI=1S/C29H34O10/c30-29(31)25-7-3-6-24-26(25)28(37-15-13-33-9-11-35-17-21-19-39-21)23-5-2-1-4-22(23)27(24)36-14-12-32-8-10-34-16-20-18-38-20/h1-7,20-21H,8-19H2,(H,30,31). The van der Waals surface area contributed by atoms with Gasteiger partial charge in [-0.1, -0.05) is 36.4 Å². The van der Waals surface area contributed by atoms with E-state index in [-0.39, 0.29) is 24.4 Å². The van der Waals surface area contributed by atoms with Gasteiger partial charge in [-0.05, 0) is 6.07 Å². The fraction of sp³-hybridized carbons (Fsp3) is 0.483. The van der Waals surface area contributed by atoms with Crippen LogP contribution in [-0.2, 0) is 28.4 Å². The Hall–Kier alpha value is -2.99. The van der Waals surface area contributed by atoms with Gasteiger partial charge in [-0.25, -0.2) is 4.79 Å². The van der Waals surface area contributed by atoms with E-state index in [2.05, 4.69) is 0 Å². The van der Waals surface area contributed by atoms with Crippen LogP contribution in [0.1, 0.15) is 10.4 Å². The molecule has 2 saturated heterocycles. The molecule has 0 aromatic heterocycles. The van der Waals surface area contributed by atoms with Crippen molar-refractivity contribution in [1.82, 2.24) is 0 Å². The zero-order chi connectivity index (χ0) is 26.9. The van der Waals surface area contributed by atoms with Crippen LogP contribution in [0, 0.1) is 0 Å². The van der Waals surface area contributed by atoms with Crippen molar-refractivity contribution < 1.29 is 47.8 Å². The van der Waals surface area contributed by atoms with Gasteiger partial charge in [0.1, 0.15) is 36.9 Å². The molecule has 2 heterocycles. The second kappa shape index (κ2) is 13.9. The summed E-state index contributed by atoms with van der Waals surface area (Å²) in [7, 11) is 0. The van der Waals surface area contributed by atoms with Crippen LogP contribution in [0.5, 0.6) is 11.5 Å². The third kappa shape index (κ3) is 7.78. The first-order chi connectivity index (χ1) is 19.2. The number of ether oxygens (including phenoxy) is 8. The minimum atomic E-state index is -1.04. The third-order valence-corrected chi connectivity index (χ3v) is 6.29. The van der Waals surface area contributed by atoms with Crippen LogP contribution >= 0.6 is 0 Å². The molecule has 5 rings (SSSR count). The largest absolute Gasteiger partial charge is 0.490 e. The van der Waals surface area contributed by atoms with Crippen LogP contribution in [0.25, 0.3) is 21.5 Å². The lowest BCUT2D eigenvalue weighted by atomic mass is 9.97. The van der Waals surface area contributed by atoms with E-state index in [0.29, 0.717) is 81.7 Å². The highest BCUT2D eigenvalue weighted by molar-refractivity contribution is 6.17. The molecule has 0 spiro atoms. The summed E-state index contributed by atoms with van der Waals surface area (Å²) < 4.78 is 44.8. The Morgan fingerprint density at radius 3 is 1.72 bits per heavy atom. The molecule has 10 heteroatoms. The average molecular weight is 543 g/mol. The minimum Gasteiger partial charge on any atom is -0.490 e. The van der Waals surface area contributed by atoms with Crippen molar-refractivity contribution in [2.24, 2.45) is 0 Å². The number of epoxide rings is 2. The zero-order valence-corrected chi connectivity index (χ0v) is 21.8. The molecule has 2 atom stereocenters. The molecule has 2 aliphatic rings. The number of hydrogen-bond donors (Lipinski definition) is 1. The number of carboxylic acids is 1. The molecular formula is C29H34O10. The van der Waals surface area contributed by atoms with E-state index in [4.69, 9.17) is 37.9 Å². The molecule has 0 saturated carbocycles. The van der Waals surface area contributed by atoms with Crippen molar-refractivity contribution in [3.63, 3.8) is 0 Å². The van der Waals surface area contributed by atoms with Crippen LogP contribution in [0.3, 0.4) is 0 Å². The molecule has 3 aromatic rings. The quantitative estimate of drug-likeness (QED) is 0.137. The SMILES string of the molecule is O=C(O)c1cccc2c(OCCOCCOCC3CO3)c3ccccc3c(OCCOCCOCC3CO3)c12. The Bertz CT molecular complexity index is 1240. The van der Waals surface area contributed by atoms with Crippen molar-refractivity contribution in [3.8, 4) is 11.5 Å². The van der Waals surface area contributed by atoms with Gasteiger partial charge in [-0.15, -0.1) is 0 Å². The van der Waals surface area contributed by atoms with Crippen LogP contribution < -0.4 is 9.47 Å². The van der Waals surface area contributed by atoms with Gasteiger partial charge in [0.05, 0.1) is 71.6 Å². The molecule has 210 valence electrons. The molecule has 2 unspecified atom stereocenters. The number of rotatable bonds is 19. The molecule has 0 bridgehead atoms. The van der Waals surface area contributed by atoms with Crippen molar-refractivity contribution in [2.75, 3.05) is 79.3 Å². The first-order valence-corrected chi connectivity index (χ1v) is 13.2. The first kappa shape index (κ1) is 27.6. The van der Waals surface area contributed by atoms with Gasteiger partial charge in [0.15, 0.2) is 0 Å². The van der Waals surface area contributed by atoms with E-state index >= 15 is 0 Å². The van der Waals surface area contributed by atoms with Crippen molar-refractivity contribution in [1.29, 1.82) is 0 Å². The minimum absolute atomic E-state index is 0.141. The average Bonchev–Trinajstić information content (AvgIpc) is 3.88. The van der Waals surface area contributed by atoms with Crippen LogP contribution in [0.15, 0.2) is 42.5 Å². The molecular weight excluding hydrogens is 508 g/mol. The van der Waals surface area contributed by atoms with E-state index in [1.165, 1.54) is 0 Å². The summed E-state index contributed by atoms with van der Waals surface area (Å²) in [6.07, 6.45) is 0.460. The van der Waals surface area contributed by atoms with Crippen LogP contribution in [-0.4, -0.2) is 103 Å². The summed E-state index contributed by atoms with van der Waals surface area (Å²) in [5.74, 6) is 0.0409. The second-order valence-electron chi connectivity index (χ2n) is 9.22. The monoisotopic (exact) mass is 542 g/mol. The van der Waals surface area contributed by atoms with Crippen LogP contribution in [0.4, 0.5) is 0 Å². The van der Waals surface area contributed by atoms with Gasteiger partial charge in [0, 0.05) is 21.5 Å². The number of aromatic carboxylic acids is 1. The third-order valence-electron chi connectivity index (χ3n) is 6.29. The maximum absolute atomic E-state index is 12.2.